The standard InChI is InChI=1S/C17H27NO2Si2/c1-21(2)11-14(12-22(3,4)20-21)17(19)18-16-10-9-13-7-5-6-8-15(13)16/h5-8,14,16H,9-12H2,1-4H3,(H,18,19). The monoisotopic (exact) mass is 333 g/mol. The summed E-state index contributed by atoms with van der Waals surface area (Å²) in [4.78, 5) is 12.8. The lowest BCUT2D eigenvalue weighted by atomic mass is 10.1. The smallest absolute Gasteiger partial charge is 0.223 e. The van der Waals surface area contributed by atoms with Gasteiger partial charge in [0.15, 0.2) is 16.6 Å². The SMILES string of the molecule is C[Si]1(C)CC(C(=O)NC2CCc3ccccc32)C[Si](C)(C)O1. The lowest BCUT2D eigenvalue weighted by molar-refractivity contribution is -0.125. The van der Waals surface area contributed by atoms with E-state index >= 15 is 0 Å². The van der Waals surface area contributed by atoms with Gasteiger partial charge in [0, 0.05) is 5.92 Å². The van der Waals surface area contributed by atoms with E-state index in [0.29, 0.717) is 0 Å². The van der Waals surface area contributed by atoms with Gasteiger partial charge < -0.3 is 9.43 Å². The lowest BCUT2D eigenvalue weighted by Gasteiger charge is -2.43. The van der Waals surface area contributed by atoms with Crippen LogP contribution in [-0.2, 0) is 15.3 Å². The van der Waals surface area contributed by atoms with E-state index in [1.54, 1.807) is 0 Å². The fourth-order valence-corrected chi connectivity index (χ4v) is 14.2. The lowest BCUT2D eigenvalue weighted by Crippen LogP contribution is -2.54. The number of amides is 1. The van der Waals surface area contributed by atoms with Crippen LogP contribution in [0.2, 0.25) is 38.3 Å². The third-order valence-electron chi connectivity index (χ3n) is 4.85. The van der Waals surface area contributed by atoms with Gasteiger partial charge in [0.2, 0.25) is 5.91 Å². The van der Waals surface area contributed by atoms with Crippen molar-refractivity contribution < 1.29 is 8.91 Å². The van der Waals surface area contributed by atoms with Gasteiger partial charge in [0.05, 0.1) is 6.04 Å². The Labute approximate surface area is 135 Å². The summed E-state index contributed by atoms with van der Waals surface area (Å²) in [5.41, 5.74) is 2.71. The van der Waals surface area contributed by atoms with E-state index in [1.807, 2.05) is 0 Å². The molecule has 1 atom stereocenters. The van der Waals surface area contributed by atoms with E-state index in [4.69, 9.17) is 4.12 Å². The average Bonchev–Trinajstić information content (AvgIpc) is 2.79. The van der Waals surface area contributed by atoms with Crippen LogP contribution in [0.15, 0.2) is 24.3 Å². The minimum absolute atomic E-state index is 0.157. The molecular weight excluding hydrogens is 306 g/mol. The van der Waals surface area contributed by atoms with Gasteiger partial charge in [0.1, 0.15) is 0 Å². The van der Waals surface area contributed by atoms with Crippen molar-refractivity contribution in [2.75, 3.05) is 0 Å². The number of hydrogen-bond donors (Lipinski definition) is 1. The first kappa shape index (κ1) is 16.0. The van der Waals surface area contributed by atoms with Crippen molar-refractivity contribution in [3.63, 3.8) is 0 Å². The van der Waals surface area contributed by atoms with Crippen molar-refractivity contribution in [2.24, 2.45) is 5.92 Å². The van der Waals surface area contributed by atoms with Gasteiger partial charge in [-0.2, -0.15) is 0 Å². The van der Waals surface area contributed by atoms with Crippen molar-refractivity contribution in [3.8, 4) is 0 Å². The Morgan fingerprint density at radius 2 is 1.77 bits per heavy atom. The molecule has 1 aromatic rings. The number of nitrogens with one attached hydrogen (secondary N) is 1. The molecule has 3 nitrogen and oxygen atoms in total. The van der Waals surface area contributed by atoms with E-state index in [1.165, 1.54) is 11.1 Å². The molecule has 1 aliphatic heterocycles. The molecule has 0 bridgehead atoms. The molecule has 1 saturated heterocycles. The largest absolute Gasteiger partial charge is 0.455 e. The summed E-state index contributed by atoms with van der Waals surface area (Å²) in [5, 5.41) is 3.33. The predicted octanol–water partition coefficient (Wildman–Crippen LogP) is 3.85. The zero-order valence-electron chi connectivity index (χ0n) is 14.1. The molecule has 1 amide bonds. The summed E-state index contributed by atoms with van der Waals surface area (Å²) in [7, 11) is -3.36. The molecule has 1 fully saturated rings. The van der Waals surface area contributed by atoms with Gasteiger partial charge in [-0.1, -0.05) is 24.3 Å². The van der Waals surface area contributed by atoms with Gasteiger partial charge >= 0.3 is 0 Å². The summed E-state index contributed by atoms with van der Waals surface area (Å²) >= 11 is 0. The molecule has 0 spiro atoms. The van der Waals surface area contributed by atoms with Crippen LogP contribution in [0, 0.1) is 5.92 Å². The summed E-state index contributed by atoms with van der Waals surface area (Å²) in [6.07, 6.45) is 2.12. The molecule has 3 rings (SSSR count). The van der Waals surface area contributed by atoms with Crippen LogP contribution in [0.4, 0.5) is 0 Å². The van der Waals surface area contributed by atoms with Crippen LogP contribution in [0.1, 0.15) is 23.6 Å². The van der Waals surface area contributed by atoms with Crippen LogP contribution in [-0.4, -0.2) is 22.5 Å². The second kappa shape index (κ2) is 5.62. The molecule has 1 N–H and O–H groups in total. The van der Waals surface area contributed by atoms with E-state index in [9.17, 15) is 4.79 Å². The third-order valence-corrected chi connectivity index (χ3v) is 12.2. The van der Waals surface area contributed by atoms with Crippen LogP contribution in [0.5, 0.6) is 0 Å². The molecule has 1 aromatic carbocycles. The molecule has 0 aromatic heterocycles. The molecule has 22 heavy (non-hydrogen) atoms. The fraction of sp³-hybridized carbons (Fsp3) is 0.588. The Morgan fingerprint density at radius 1 is 1.14 bits per heavy atom. The average molecular weight is 334 g/mol. The van der Waals surface area contributed by atoms with Gasteiger partial charge in [-0.05, 0) is 62.2 Å². The molecule has 2 aliphatic rings. The molecule has 1 unspecified atom stereocenters. The molecular formula is C17H27NO2Si2. The highest BCUT2D eigenvalue weighted by atomic mass is 28.4. The molecule has 5 heteroatoms. The number of fused-ring (bicyclic) bond motifs is 1. The van der Waals surface area contributed by atoms with Crippen molar-refractivity contribution in [2.45, 2.75) is 57.2 Å². The quantitative estimate of drug-likeness (QED) is 0.835. The number of benzene rings is 1. The highest BCUT2D eigenvalue weighted by molar-refractivity contribution is 6.86. The van der Waals surface area contributed by atoms with Crippen LogP contribution >= 0.6 is 0 Å². The van der Waals surface area contributed by atoms with Crippen molar-refractivity contribution in [1.29, 1.82) is 0 Å². The summed E-state index contributed by atoms with van der Waals surface area (Å²) in [6, 6.07) is 10.6. The Bertz CT molecular complexity index is 570. The van der Waals surface area contributed by atoms with Crippen molar-refractivity contribution >= 4 is 22.5 Å². The first-order valence-corrected chi connectivity index (χ1v) is 14.6. The van der Waals surface area contributed by atoms with Gasteiger partial charge in [-0.25, -0.2) is 0 Å². The highest BCUT2D eigenvalue weighted by Gasteiger charge is 2.45. The second-order valence-corrected chi connectivity index (χ2v) is 16.7. The Morgan fingerprint density at radius 3 is 2.45 bits per heavy atom. The molecule has 1 heterocycles. The summed E-state index contributed by atoms with van der Waals surface area (Å²) < 4.78 is 6.37. The molecule has 1 aliphatic carbocycles. The van der Waals surface area contributed by atoms with Crippen molar-refractivity contribution in [1.82, 2.24) is 5.32 Å². The van der Waals surface area contributed by atoms with Gasteiger partial charge in [0.25, 0.3) is 0 Å². The molecule has 0 radical (unpaired) electrons. The summed E-state index contributed by atoms with van der Waals surface area (Å²) in [5.74, 6) is 0.413. The van der Waals surface area contributed by atoms with E-state index in [-0.39, 0.29) is 17.9 Å². The summed E-state index contributed by atoms with van der Waals surface area (Å²) in [6.45, 7) is 9.02. The second-order valence-electron chi connectivity index (χ2n) is 8.03. The number of carbonyl (C=O) groups is 1. The first-order chi connectivity index (χ1) is 10.3. The van der Waals surface area contributed by atoms with Crippen molar-refractivity contribution in [3.05, 3.63) is 35.4 Å². The van der Waals surface area contributed by atoms with Crippen LogP contribution < -0.4 is 5.32 Å². The van der Waals surface area contributed by atoms with Gasteiger partial charge in [-0.15, -0.1) is 0 Å². The maximum Gasteiger partial charge on any atom is 0.223 e. The zero-order chi connectivity index (χ0) is 16.0. The van der Waals surface area contributed by atoms with Crippen LogP contribution in [0.25, 0.3) is 0 Å². The number of hydrogen-bond acceptors (Lipinski definition) is 2. The van der Waals surface area contributed by atoms with Crippen LogP contribution in [0.3, 0.4) is 0 Å². The molecule has 120 valence electrons. The Kier molecular flexibility index (Phi) is 4.08. The number of rotatable bonds is 2. The van der Waals surface area contributed by atoms with Gasteiger partial charge in [-0.3, -0.25) is 4.79 Å². The Hall–Kier alpha value is -0.916. The third kappa shape index (κ3) is 3.36. The molecule has 0 saturated carbocycles. The topological polar surface area (TPSA) is 38.3 Å². The Balaban J connectivity index is 1.70. The highest BCUT2D eigenvalue weighted by Crippen LogP contribution is 2.37. The van der Waals surface area contributed by atoms with E-state index in [0.717, 1.165) is 24.9 Å². The normalized spacial score (nSPS) is 26.5. The fourth-order valence-electron chi connectivity index (χ4n) is 4.27. The number of carbonyl (C=O) groups excluding carboxylic acids is 1. The minimum Gasteiger partial charge on any atom is -0.455 e. The van der Waals surface area contributed by atoms with E-state index in [2.05, 4.69) is 55.8 Å². The maximum absolute atomic E-state index is 12.8. The predicted molar refractivity (Wildman–Crippen MR) is 94.8 cm³/mol. The maximum atomic E-state index is 12.8. The van der Waals surface area contributed by atoms with E-state index < -0.39 is 16.6 Å². The minimum atomic E-state index is -1.68. The number of aryl methyl sites for hydroxylation is 1. The zero-order valence-corrected chi connectivity index (χ0v) is 16.1. The first-order valence-electron chi connectivity index (χ1n) is 8.34.